The van der Waals surface area contributed by atoms with Crippen LogP contribution in [0.5, 0.6) is 0 Å². The third kappa shape index (κ3) is 3.88. The summed E-state index contributed by atoms with van der Waals surface area (Å²) in [7, 11) is 0. The SMILES string of the molecule is N[C@H]1CCCC[C@@H]1NC(=S)Nc1ccc([N+](=O)[O-])cc1. The minimum absolute atomic E-state index is 0.0590. The highest BCUT2D eigenvalue weighted by molar-refractivity contribution is 7.80. The third-order valence-electron chi connectivity index (χ3n) is 3.47. The minimum Gasteiger partial charge on any atom is -0.358 e. The molecule has 1 aliphatic rings. The van der Waals surface area contributed by atoms with E-state index in [2.05, 4.69) is 10.6 Å². The number of nitro groups is 1. The van der Waals surface area contributed by atoms with Crippen molar-refractivity contribution in [2.45, 2.75) is 37.8 Å². The summed E-state index contributed by atoms with van der Waals surface area (Å²) in [6, 6.07) is 6.47. The molecular weight excluding hydrogens is 276 g/mol. The second kappa shape index (κ2) is 6.62. The van der Waals surface area contributed by atoms with Gasteiger partial charge >= 0.3 is 0 Å². The first-order valence-corrected chi connectivity index (χ1v) is 7.04. The molecule has 0 spiro atoms. The van der Waals surface area contributed by atoms with Crippen LogP contribution in [0.25, 0.3) is 0 Å². The molecule has 0 bridgehead atoms. The number of non-ortho nitro benzene ring substituents is 1. The topological polar surface area (TPSA) is 93.2 Å². The number of nitrogens with one attached hydrogen (secondary N) is 2. The van der Waals surface area contributed by atoms with Gasteiger partial charge in [0.15, 0.2) is 5.11 Å². The Bertz CT molecular complexity index is 492. The maximum Gasteiger partial charge on any atom is 0.269 e. The van der Waals surface area contributed by atoms with Gasteiger partial charge in [-0.05, 0) is 37.2 Å². The predicted molar refractivity (Wildman–Crippen MR) is 82.7 cm³/mol. The molecule has 4 N–H and O–H groups in total. The van der Waals surface area contributed by atoms with E-state index >= 15 is 0 Å². The summed E-state index contributed by atoms with van der Waals surface area (Å²) in [4.78, 5) is 10.1. The molecule has 1 aromatic carbocycles. The molecule has 2 rings (SSSR count). The van der Waals surface area contributed by atoms with Crippen LogP contribution in [0.1, 0.15) is 25.7 Å². The first kappa shape index (κ1) is 14.7. The molecule has 0 radical (unpaired) electrons. The second-order valence-electron chi connectivity index (χ2n) is 4.96. The van der Waals surface area contributed by atoms with Gasteiger partial charge in [0, 0.05) is 29.9 Å². The quantitative estimate of drug-likeness (QED) is 0.449. The Kier molecular flexibility index (Phi) is 4.86. The van der Waals surface area contributed by atoms with Gasteiger partial charge in [0.2, 0.25) is 0 Å². The van der Waals surface area contributed by atoms with Crippen molar-refractivity contribution < 1.29 is 4.92 Å². The fourth-order valence-corrected chi connectivity index (χ4v) is 2.61. The van der Waals surface area contributed by atoms with E-state index in [1.165, 1.54) is 18.6 Å². The lowest BCUT2D eigenvalue weighted by Gasteiger charge is -2.30. The second-order valence-corrected chi connectivity index (χ2v) is 5.37. The zero-order chi connectivity index (χ0) is 14.5. The van der Waals surface area contributed by atoms with Crippen LogP contribution in [0.3, 0.4) is 0 Å². The van der Waals surface area contributed by atoms with Gasteiger partial charge in [0.25, 0.3) is 5.69 Å². The summed E-state index contributed by atoms with van der Waals surface area (Å²) in [5.74, 6) is 0. The zero-order valence-corrected chi connectivity index (χ0v) is 11.9. The molecule has 0 unspecified atom stereocenters. The summed E-state index contributed by atoms with van der Waals surface area (Å²) in [6.45, 7) is 0. The highest BCUT2D eigenvalue weighted by Crippen LogP contribution is 2.18. The van der Waals surface area contributed by atoms with E-state index in [4.69, 9.17) is 18.0 Å². The molecule has 0 heterocycles. The molecule has 1 aliphatic carbocycles. The highest BCUT2D eigenvalue weighted by Gasteiger charge is 2.22. The lowest BCUT2D eigenvalue weighted by molar-refractivity contribution is -0.384. The van der Waals surface area contributed by atoms with E-state index in [9.17, 15) is 10.1 Å². The third-order valence-corrected chi connectivity index (χ3v) is 3.69. The van der Waals surface area contributed by atoms with Crippen LogP contribution < -0.4 is 16.4 Å². The van der Waals surface area contributed by atoms with E-state index in [1.54, 1.807) is 12.1 Å². The Morgan fingerprint density at radius 3 is 2.55 bits per heavy atom. The van der Waals surface area contributed by atoms with Crippen molar-refractivity contribution in [1.82, 2.24) is 5.32 Å². The number of anilines is 1. The van der Waals surface area contributed by atoms with Gasteiger partial charge in [0.1, 0.15) is 0 Å². The summed E-state index contributed by atoms with van der Waals surface area (Å²) in [5.41, 5.74) is 6.83. The van der Waals surface area contributed by atoms with Crippen LogP contribution in [0.4, 0.5) is 11.4 Å². The maximum absolute atomic E-state index is 10.6. The molecule has 7 heteroatoms. The van der Waals surface area contributed by atoms with E-state index in [1.807, 2.05) is 0 Å². The molecule has 108 valence electrons. The lowest BCUT2D eigenvalue weighted by Crippen LogP contribution is -2.50. The van der Waals surface area contributed by atoms with Crippen molar-refractivity contribution in [3.05, 3.63) is 34.4 Å². The Balaban J connectivity index is 1.89. The Morgan fingerprint density at radius 2 is 1.95 bits per heavy atom. The number of hydrogen-bond acceptors (Lipinski definition) is 4. The van der Waals surface area contributed by atoms with Crippen LogP contribution in [0, 0.1) is 10.1 Å². The largest absolute Gasteiger partial charge is 0.358 e. The van der Waals surface area contributed by atoms with E-state index in [-0.39, 0.29) is 17.8 Å². The molecule has 1 fully saturated rings. The van der Waals surface area contributed by atoms with Crippen LogP contribution in [-0.2, 0) is 0 Å². The van der Waals surface area contributed by atoms with Gasteiger partial charge in [0.05, 0.1) is 4.92 Å². The standard InChI is InChI=1S/C13H18N4O2S/c14-11-3-1-2-4-12(11)16-13(20)15-9-5-7-10(8-6-9)17(18)19/h5-8,11-12H,1-4,14H2,(H2,15,16,20)/t11-,12-/m0/s1. The van der Waals surface area contributed by atoms with Crippen LogP contribution in [-0.4, -0.2) is 22.1 Å². The molecule has 0 aromatic heterocycles. The number of nitrogens with two attached hydrogens (primary N) is 1. The van der Waals surface area contributed by atoms with Crippen LogP contribution in [0.15, 0.2) is 24.3 Å². The van der Waals surface area contributed by atoms with Gasteiger partial charge in [-0.25, -0.2) is 0 Å². The molecule has 2 atom stereocenters. The Labute approximate surface area is 122 Å². The van der Waals surface area contributed by atoms with Crippen molar-refractivity contribution in [2.75, 3.05) is 5.32 Å². The minimum atomic E-state index is -0.429. The fraction of sp³-hybridized carbons (Fsp3) is 0.462. The summed E-state index contributed by atoms with van der Waals surface area (Å²) in [5, 5.41) is 17.3. The summed E-state index contributed by atoms with van der Waals surface area (Å²) >= 11 is 5.24. The lowest BCUT2D eigenvalue weighted by atomic mass is 9.91. The number of nitrogens with zero attached hydrogens (tertiary/aromatic N) is 1. The molecule has 0 aliphatic heterocycles. The van der Waals surface area contributed by atoms with E-state index in [0.29, 0.717) is 5.11 Å². The van der Waals surface area contributed by atoms with Crippen molar-refractivity contribution in [3.63, 3.8) is 0 Å². The van der Waals surface area contributed by atoms with E-state index < -0.39 is 4.92 Å². The molecular formula is C13H18N4O2S. The highest BCUT2D eigenvalue weighted by atomic mass is 32.1. The van der Waals surface area contributed by atoms with Gasteiger partial charge in [-0.15, -0.1) is 0 Å². The van der Waals surface area contributed by atoms with Crippen molar-refractivity contribution >= 4 is 28.7 Å². The van der Waals surface area contributed by atoms with Gasteiger partial charge in [-0.3, -0.25) is 10.1 Å². The number of benzene rings is 1. The van der Waals surface area contributed by atoms with Crippen LogP contribution in [0.2, 0.25) is 0 Å². The van der Waals surface area contributed by atoms with E-state index in [0.717, 1.165) is 24.9 Å². The average molecular weight is 294 g/mol. The number of hydrogen-bond donors (Lipinski definition) is 3. The monoisotopic (exact) mass is 294 g/mol. The zero-order valence-electron chi connectivity index (χ0n) is 11.0. The molecule has 6 nitrogen and oxygen atoms in total. The number of thiocarbonyl (C=S) groups is 1. The van der Waals surface area contributed by atoms with Crippen molar-refractivity contribution in [3.8, 4) is 0 Å². The smallest absolute Gasteiger partial charge is 0.269 e. The van der Waals surface area contributed by atoms with Gasteiger partial charge < -0.3 is 16.4 Å². The number of rotatable bonds is 3. The molecule has 0 saturated heterocycles. The first-order valence-electron chi connectivity index (χ1n) is 6.64. The number of nitro benzene ring substituents is 1. The molecule has 0 amide bonds. The molecule has 1 saturated carbocycles. The molecule has 20 heavy (non-hydrogen) atoms. The average Bonchev–Trinajstić information content (AvgIpc) is 2.42. The summed E-state index contributed by atoms with van der Waals surface area (Å²) in [6.07, 6.45) is 4.36. The molecule has 1 aromatic rings. The first-order chi connectivity index (χ1) is 9.56. The van der Waals surface area contributed by atoms with Crippen LogP contribution >= 0.6 is 12.2 Å². The van der Waals surface area contributed by atoms with Crippen molar-refractivity contribution in [1.29, 1.82) is 0 Å². The Hall–Kier alpha value is -1.73. The van der Waals surface area contributed by atoms with Gasteiger partial charge in [-0.2, -0.15) is 0 Å². The van der Waals surface area contributed by atoms with Crippen molar-refractivity contribution in [2.24, 2.45) is 5.73 Å². The normalized spacial score (nSPS) is 22.1. The maximum atomic E-state index is 10.6. The predicted octanol–water partition coefficient (Wildman–Crippen LogP) is 2.15. The van der Waals surface area contributed by atoms with Gasteiger partial charge in [-0.1, -0.05) is 12.8 Å². The fourth-order valence-electron chi connectivity index (χ4n) is 2.34. The summed E-state index contributed by atoms with van der Waals surface area (Å²) < 4.78 is 0. The Morgan fingerprint density at radius 1 is 1.30 bits per heavy atom.